The lowest BCUT2D eigenvalue weighted by atomic mass is 9.98. The van der Waals surface area contributed by atoms with E-state index in [0.29, 0.717) is 11.8 Å². The molecule has 0 spiro atoms. The SMILES string of the molecule is C.CC(C)C=O.CC(C)CN(C)CC(=O)O.CCOCC.CN.CN=CC(C)C.CNCC(C)C.NN.O=C(Cl)OCC1c2ccccc2-c2ccccc21.O=CC(=O)O. The van der Waals surface area contributed by atoms with Gasteiger partial charge in [0.15, 0.2) is 0 Å². The minimum absolute atomic E-state index is 0. The summed E-state index contributed by atoms with van der Waals surface area (Å²) in [5.41, 5.74) is 8.55. The van der Waals surface area contributed by atoms with Gasteiger partial charge in [-0.3, -0.25) is 26.2 Å². The lowest BCUT2D eigenvalue weighted by Gasteiger charge is -2.15. The number of aliphatic imine (C=N–C) groups is 1. The Hall–Kier alpha value is -4.09. The van der Waals surface area contributed by atoms with E-state index in [1.165, 1.54) is 29.3 Å². The number of fused-ring (bicyclic) bond motifs is 3. The molecule has 2 aromatic carbocycles. The van der Waals surface area contributed by atoms with Gasteiger partial charge in [-0.05, 0) is 81.5 Å². The molecule has 0 amide bonds. The molecular weight excluding hydrogens is 792 g/mol. The summed E-state index contributed by atoms with van der Waals surface area (Å²) < 4.78 is 9.80. The third kappa shape index (κ3) is 50.1. The molecule has 0 saturated carbocycles. The zero-order valence-electron chi connectivity index (χ0n) is 38.2. The van der Waals surface area contributed by atoms with Crippen LogP contribution in [0.1, 0.15) is 93.7 Å². The van der Waals surface area contributed by atoms with E-state index in [9.17, 15) is 14.4 Å². The average molecular weight is 876 g/mol. The van der Waals surface area contributed by atoms with Crippen molar-refractivity contribution in [1.82, 2.24) is 10.2 Å². The predicted octanol–water partition coefficient (Wildman–Crippen LogP) is 7.22. The van der Waals surface area contributed by atoms with Crippen LogP contribution in [-0.4, -0.2) is 119 Å². The maximum Gasteiger partial charge on any atom is 0.403 e. The summed E-state index contributed by atoms with van der Waals surface area (Å²) in [5.74, 6) is 8.03. The molecule has 0 radical (unpaired) electrons. The van der Waals surface area contributed by atoms with Gasteiger partial charge in [-0.1, -0.05) is 111 Å². The third-order valence-electron chi connectivity index (χ3n) is 6.25. The van der Waals surface area contributed by atoms with Gasteiger partial charge in [0, 0.05) is 56.5 Å². The molecule has 0 unspecified atom stereocenters. The van der Waals surface area contributed by atoms with Crippen LogP contribution >= 0.6 is 11.6 Å². The highest BCUT2D eigenvalue weighted by Crippen LogP contribution is 2.44. The van der Waals surface area contributed by atoms with E-state index < -0.39 is 17.4 Å². The summed E-state index contributed by atoms with van der Waals surface area (Å²) in [6, 6.07) is 16.4. The number of hydrazine groups is 1. The number of carbonyl (C=O) groups excluding carboxylic acids is 3. The Morgan fingerprint density at radius 2 is 1.25 bits per heavy atom. The van der Waals surface area contributed by atoms with Crippen LogP contribution in [0.15, 0.2) is 53.5 Å². The van der Waals surface area contributed by atoms with E-state index in [1.807, 2.05) is 72.3 Å². The number of nitrogens with zero attached hydrogens (tertiary/aromatic N) is 2. The molecule has 0 aromatic heterocycles. The summed E-state index contributed by atoms with van der Waals surface area (Å²) in [5, 5.41) is 18.8. The Morgan fingerprint density at radius 3 is 1.45 bits per heavy atom. The molecule has 350 valence electrons. The van der Waals surface area contributed by atoms with E-state index in [2.05, 4.69) is 93.5 Å². The van der Waals surface area contributed by atoms with Crippen LogP contribution in [-0.2, 0) is 28.7 Å². The molecular formula is C44H83ClN6O9. The zero-order valence-corrected chi connectivity index (χ0v) is 39.0. The number of ether oxygens (including phenoxy) is 2. The van der Waals surface area contributed by atoms with Crippen molar-refractivity contribution >= 4 is 47.8 Å². The number of rotatable bonds is 13. The maximum atomic E-state index is 10.8. The van der Waals surface area contributed by atoms with Crippen molar-refractivity contribution < 1.29 is 43.7 Å². The van der Waals surface area contributed by atoms with Gasteiger partial charge in [0.2, 0.25) is 6.29 Å². The molecule has 16 heteroatoms. The second-order valence-electron chi connectivity index (χ2n) is 13.5. The molecule has 0 bridgehead atoms. The van der Waals surface area contributed by atoms with Crippen LogP contribution < -0.4 is 22.7 Å². The second kappa shape index (κ2) is 51.1. The zero-order chi connectivity index (χ0) is 47.4. The van der Waals surface area contributed by atoms with E-state index in [4.69, 9.17) is 40.9 Å². The first-order valence-corrected chi connectivity index (χ1v) is 19.8. The molecule has 1 aliphatic carbocycles. The minimum atomic E-state index is -1.43. The van der Waals surface area contributed by atoms with Gasteiger partial charge in [-0.25, -0.2) is 9.59 Å². The number of hydrogen-bond donors (Lipinski definition) is 6. The normalized spacial score (nSPS) is 9.98. The monoisotopic (exact) mass is 875 g/mol. The molecule has 0 heterocycles. The molecule has 0 atom stereocenters. The molecule has 15 nitrogen and oxygen atoms in total. The number of carboxylic acids is 2. The number of likely N-dealkylation sites (N-methyl/N-ethyl adjacent to an activating group) is 1. The van der Waals surface area contributed by atoms with Gasteiger partial charge in [-0.2, -0.15) is 0 Å². The van der Waals surface area contributed by atoms with Gasteiger partial charge < -0.3 is 40.5 Å². The van der Waals surface area contributed by atoms with Gasteiger partial charge >= 0.3 is 17.4 Å². The Balaban J connectivity index is -0.000000116. The highest BCUT2D eigenvalue weighted by Gasteiger charge is 2.28. The Bertz CT molecular complexity index is 1280. The van der Waals surface area contributed by atoms with Crippen molar-refractivity contribution in [2.45, 2.75) is 82.6 Å². The first kappa shape index (κ1) is 70.5. The van der Waals surface area contributed by atoms with Crippen molar-refractivity contribution in [2.24, 2.45) is 46.1 Å². The quantitative estimate of drug-likeness (QED) is 0.0290. The number of benzene rings is 2. The largest absolute Gasteiger partial charge is 0.480 e. The number of carbonyl (C=O) groups is 5. The van der Waals surface area contributed by atoms with Crippen molar-refractivity contribution in [3.05, 3.63) is 59.7 Å². The first-order chi connectivity index (χ1) is 27.8. The van der Waals surface area contributed by atoms with Crippen LogP contribution in [0.25, 0.3) is 11.1 Å². The van der Waals surface area contributed by atoms with Crippen molar-refractivity contribution in [3.8, 4) is 11.1 Å². The molecule has 3 rings (SSSR count). The fourth-order valence-corrected chi connectivity index (χ4v) is 4.48. The average Bonchev–Trinajstić information content (AvgIpc) is 3.50. The van der Waals surface area contributed by atoms with Crippen molar-refractivity contribution in [3.63, 3.8) is 0 Å². The Kier molecular flexibility index (Phi) is 60.0. The van der Waals surface area contributed by atoms with Crippen molar-refractivity contribution in [1.29, 1.82) is 0 Å². The number of halogens is 1. The lowest BCUT2D eigenvalue weighted by molar-refractivity contribution is -0.143. The van der Waals surface area contributed by atoms with Gasteiger partial charge in [-0.15, -0.1) is 0 Å². The van der Waals surface area contributed by atoms with Crippen LogP contribution in [0.3, 0.4) is 0 Å². The van der Waals surface area contributed by atoms with Gasteiger partial charge in [0.1, 0.15) is 12.9 Å². The maximum absolute atomic E-state index is 10.8. The number of aliphatic carboxylic acids is 2. The highest BCUT2D eigenvalue weighted by molar-refractivity contribution is 6.61. The van der Waals surface area contributed by atoms with Crippen LogP contribution in [0.4, 0.5) is 4.79 Å². The van der Waals surface area contributed by atoms with E-state index in [0.717, 1.165) is 38.5 Å². The summed E-state index contributed by atoms with van der Waals surface area (Å²) in [6.45, 7) is 24.5. The molecule has 0 saturated heterocycles. The highest BCUT2D eigenvalue weighted by atomic mass is 35.5. The van der Waals surface area contributed by atoms with Gasteiger partial charge in [0.25, 0.3) is 0 Å². The smallest absolute Gasteiger partial charge is 0.403 e. The number of nitrogens with two attached hydrogens (primary N) is 3. The Labute approximate surface area is 367 Å². The molecule has 1 aliphatic rings. The first-order valence-electron chi connectivity index (χ1n) is 19.4. The predicted molar refractivity (Wildman–Crippen MR) is 251 cm³/mol. The Morgan fingerprint density at radius 1 is 0.850 bits per heavy atom. The minimum Gasteiger partial charge on any atom is -0.480 e. The second-order valence-corrected chi connectivity index (χ2v) is 13.8. The van der Waals surface area contributed by atoms with Crippen LogP contribution in [0, 0.1) is 23.7 Å². The molecule has 60 heavy (non-hydrogen) atoms. The summed E-state index contributed by atoms with van der Waals surface area (Å²) >= 11 is 5.25. The molecule has 0 aliphatic heterocycles. The lowest BCUT2D eigenvalue weighted by Crippen LogP contribution is -2.28. The topological polar surface area (TPSA) is 250 Å². The van der Waals surface area contributed by atoms with Gasteiger partial charge in [0.05, 0.1) is 6.54 Å². The summed E-state index contributed by atoms with van der Waals surface area (Å²) in [7, 11) is 7.08. The molecule has 9 N–H and O–H groups in total. The van der Waals surface area contributed by atoms with Crippen LogP contribution in [0.5, 0.6) is 0 Å². The summed E-state index contributed by atoms with van der Waals surface area (Å²) in [4.78, 5) is 53.9. The fraction of sp³-hybridized carbons (Fsp3) is 0.591. The van der Waals surface area contributed by atoms with E-state index >= 15 is 0 Å². The van der Waals surface area contributed by atoms with Crippen molar-refractivity contribution in [2.75, 3.05) is 67.6 Å². The summed E-state index contributed by atoms with van der Waals surface area (Å²) in [6.07, 6.45) is 2.67. The van der Waals surface area contributed by atoms with E-state index in [1.54, 1.807) is 11.9 Å². The van der Waals surface area contributed by atoms with Crippen LogP contribution in [0.2, 0.25) is 0 Å². The fourth-order valence-electron chi connectivity index (χ4n) is 4.42. The number of aldehydes is 2. The van der Waals surface area contributed by atoms with E-state index in [-0.39, 0.29) is 38.7 Å². The standard InChI is InChI=1S/C15H11ClO2.C7H15NO2.C5H13N.C5H11N.C4H8O.C4H10O.C2H2O3.CH5N.CH4.H4N2/c16-15(17)18-9-14-12-7-3-1-5-10(12)11-6-2-4-8-13(11)14;1-6(2)4-8(3)5-7(9)10;2*1-5(2)4-6-3;1-4(2)3-5;1-3-5-4-2;3-1-2(4)5;1-2;;1-2/h1-8,14H,9H2;6H,4-5H2,1-3H3,(H,9,10);5-6H,4H2,1-3H3;4-5H,1-3H3;3-4H,1-2H3;3-4H2,1-2H3;1H,(H,4,5);2H2,1H3;1H4;1-2H2. The number of nitrogens with one attached hydrogen (secondary N) is 1. The molecule has 0 fully saturated rings. The molecule has 2 aromatic rings. The third-order valence-corrected chi connectivity index (χ3v) is 6.36. The number of carboxylic acid groups (broad SMARTS) is 2. The number of hydrogen-bond acceptors (Lipinski definition) is 13.